The minimum Gasteiger partial charge on any atom is -0.497 e. The molecule has 128 valence electrons. The Bertz CT molecular complexity index is 479. The van der Waals surface area contributed by atoms with Crippen LogP contribution in [0, 0.1) is 5.92 Å². The first kappa shape index (κ1) is 17.8. The molecule has 1 aliphatic heterocycles. The fraction of sp³-hybridized carbons (Fsp3) is 0.632. The zero-order valence-electron chi connectivity index (χ0n) is 14.7. The van der Waals surface area contributed by atoms with Crippen LogP contribution in [0.4, 0.5) is 0 Å². The van der Waals surface area contributed by atoms with Crippen molar-refractivity contribution in [3.63, 3.8) is 0 Å². The Kier molecular flexibility index (Phi) is 6.90. The largest absolute Gasteiger partial charge is 0.497 e. The predicted octanol–water partition coefficient (Wildman–Crippen LogP) is 3.38. The van der Waals surface area contributed by atoms with Gasteiger partial charge in [-0.25, -0.2) is 0 Å². The summed E-state index contributed by atoms with van der Waals surface area (Å²) in [5, 5.41) is 3.11. The van der Waals surface area contributed by atoms with Crippen LogP contribution in [0.5, 0.6) is 5.75 Å². The molecule has 1 atom stereocenters. The molecule has 1 saturated heterocycles. The summed E-state index contributed by atoms with van der Waals surface area (Å²) in [7, 11) is 1.68. The molecule has 2 rings (SSSR count). The van der Waals surface area contributed by atoms with Crippen LogP contribution in [0.1, 0.15) is 51.1 Å². The van der Waals surface area contributed by atoms with Gasteiger partial charge in [0.25, 0.3) is 0 Å². The summed E-state index contributed by atoms with van der Waals surface area (Å²) in [5.41, 5.74) is 1.25. The summed E-state index contributed by atoms with van der Waals surface area (Å²) in [6, 6.07) is 8.49. The van der Waals surface area contributed by atoms with Crippen LogP contribution in [0.3, 0.4) is 0 Å². The number of methoxy groups -OCH3 is 1. The zero-order chi connectivity index (χ0) is 16.7. The first-order valence-corrected chi connectivity index (χ1v) is 8.78. The van der Waals surface area contributed by atoms with Crippen LogP contribution in [0.15, 0.2) is 24.3 Å². The number of piperidine rings is 1. The number of rotatable bonds is 7. The summed E-state index contributed by atoms with van der Waals surface area (Å²) < 4.78 is 5.26. The number of ether oxygens (including phenoxy) is 1. The topological polar surface area (TPSA) is 41.6 Å². The highest BCUT2D eigenvalue weighted by molar-refractivity contribution is 5.75. The monoisotopic (exact) mass is 318 g/mol. The first-order valence-electron chi connectivity index (χ1n) is 8.78. The van der Waals surface area contributed by atoms with Gasteiger partial charge in [-0.1, -0.05) is 26.0 Å². The summed E-state index contributed by atoms with van der Waals surface area (Å²) in [6.07, 6.45) is 3.96. The third-order valence-electron chi connectivity index (χ3n) is 4.73. The zero-order valence-corrected chi connectivity index (χ0v) is 14.7. The third kappa shape index (κ3) is 5.24. The van der Waals surface area contributed by atoms with E-state index in [1.54, 1.807) is 7.11 Å². The summed E-state index contributed by atoms with van der Waals surface area (Å²) in [6.45, 7) is 7.23. The maximum absolute atomic E-state index is 11.9. The van der Waals surface area contributed by atoms with Crippen molar-refractivity contribution < 1.29 is 9.53 Å². The molecule has 0 aliphatic carbocycles. The molecule has 1 N–H and O–H groups in total. The first-order chi connectivity index (χ1) is 11.1. The van der Waals surface area contributed by atoms with E-state index in [0.29, 0.717) is 13.0 Å². The van der Waals surface area contributed by atoms with Crippen molar-refractivity contribution in [2.24, 2.45) is 5.92 Å². The van der Waals surface area contributed by atoms with E-state index >= 15 is 0 Å². The van der Waals surface area contributed by atoms with E-state index in [0.717, 1.165) is 31.2 Å². The fourth-order valence-electron chi connectivity index (χ4n) is 3.15. The van der Waals surface area contributed by atoms with Gasteiger partial charge in [0.05, 0.1) is 13.2 Å². The lowest BCUT2D eigenvalue weighted by atomic mass is 9.95. The normalized spacial score (nSPS) is 17.7. The minimum atomic E-state index is 0.149. The molecule has 0 bridgehead atoms. The Morgan fingerprint density at radius 1 is 1.30 bits per heavy atom. The smallest absolute Gasteiger partial charge is 0.220 e. The van der Waals surface area contributed by atoms with Gasteiger partial charge in [-0.2, -0.15) is 0 Å². The van der Waals surface area contributed by atoms with Crippen molar-refractivity contribution in [2.75, 3.05) is 26.7 Å². The molecule has 4 heteroatoms. The number of hydrogen-bond acceptors (Lipinski definition) is 3. The second-order valence-corrected chi connectivity index (χ2v) is 6.56. The highest BCUT2D eigenvalue weighted by atomic mass is 16.5. The van der Waals surface area contributed by atoms with Crippen LogP contribution in [0.25, 0.3) is 0 Å². The van der Waals surface area contributed by atoms with Crippen molar-refractivity contribution in [3.8, 4) is 5.75 Å². The summed E-state index contributed by atoms with van der Waals surface area (Å²) in [4.78, 5) is 14.4. The fourth-order valence-corrected chi connectivity index (χ4v) is 3.15. The average Bonchev–Trinajstić information content (AvgIpc) is 2.57. The summed E-state index contributed by atoms with van der Waals surface area (Å²) >= 11 is 0. The van der Waals surface area contributed by atoms with Crippen LogP contribution in [-0.4, -0.2) is 37.6 Å². The van der Waals surface area contributed by atoms with Gasteiger partial charge in [0.2, 0.25) is 5.91 Å². The number of amides is 1. The Balaban J connectivity index is 2.07. The second kappa shape index (κ2) is 8.92. The van der Waals surface area contributed by atoms with Gasteiger partial charge in [0.1, 0.15) is 5.75 Å². The number of benzene rings is 1. The molecule has 1 aliphatic rings. The molecule has 1 unspecified atom stereocenters. The molecular formula is C19H30N2O2. The molecule has 23 heavy (non-hydrogen) atoms. The molecule has 0 radical (unpaired) electrons. The standard InChI is InChI=1S/C19H30N2O2/c1-4-5-19(22)20-14-18(21-12-10-15(2)11-13-21)16-6-8-17(23-3)9-7-16/h6-9,15,18H,4-5,10-14H2,1-3H3,(H,20,22). The highest BCUT2D eigenvalue weighted by Crippen LogP contribution is 2.27. The van der Waals surface area contributed by atoms with Gasteiger partial charge >= 0.3 is 0 Å². The van der Waals surface area contributed by atoms with Gasteiger partial charge in [-0.15, -0.1) is 0 Å². The Morgan fingerprint density at radius 3 is 2.52 bits per heavy atom. The van der Waals surface area contributed by atoms with E-state index in [2.05, 4.69) is 29.3 Å². The molecule has 0 aromatic heterocycles. The van der Waals surface area contributed by atoms with Crippen molar-refractivity contribution in [3.05, 3.63) is 29.8 Å². The molecule has 1 aromatic rings. The Labute approximate surface area is 140 Å². The lowest BCUT2D eigenvalue weighted by molar-refractivity contribution is -0.121. The van der Waals surface area contributed by atoms with Crippen molar-refractivity contribution in [1.29, 1.82) is 0 Å². The second-order valence-electron chi connectivity index (χ2n) is 6.56. The van der Waals surface area contributed by atoms with Gasteiger partial charge in [-0.3, -0.25) is 9.69 Å². The molecule has 1 fully saturated rings. The van der Waals surface area contributed by atoms with Crippen molar-refractivity contribution in [2.45, 2.75) is 45.6 Å². The van der Waals surface area contributed by atoms with E-state index in [1.165, 1.54) is 18.4 Å². The molecule has 1 amide bonds. The molecule has 0 saturated carbocycles. The van der Waals surface area contributed by atoms with E-state index in [9.17, 15) is 4.79 Å². The Hall–Kier alpha value is -1.55. The lowest BCUT2D eigenvalue weighted by Crippen LogP contribution is -2.41. The lowest BCUT2D eigenvalue weighted by Gasteiger charge is -2.37. The van der Waals surface area contributed by atoms with E-state index in [4.69, 9.17) is 4.74 Å². The number of likely N-dealkylation sites (tertiary alicyclic amines) is 1. The number of nitrogens with one attached hydrogen (secondary N) is 1. The predicted molar refractivity (Wildman–Crippen MR) is 93.6 cm³/mol. The molecular weight excluding hydrogens is 288 g/mol. The van der Waals surface area contributed by atoms with E-state index in [1.807, 2.05) is 19.1 Å². The van der Waals surface area contributed by atoms with Gasteiger partial charge < -0.3 is 10.1 Å². The minimum absolute atomic E-state index is 0.149. The summed E-state index contributed by atoms with van der Waals surface area (Å²) in [5.74, 6) is 1.82. The van der Waals surface area contributed by atoms with Gasteiger partial charge in [0, 0.05) is 13.0 Å². The average molecular weight is 318 g/mol. The van der Waals surface area contributed by atoms with Crippen LogP contribution < -0.4 is 10.1 Å². The maximum Gasteiger partial charge on any atom is 0.220 e. The Morgan fingerprint density at radius 2 is 1.96 bits per heavy atom. The van der Waals surface area contributed by atoms with Crippen LogP contribution in [0.2, 0.25) is 0 Å². The number of hydrogen-bond donors (Lipinski definition) is 1. The number of carbonyl (C=O) groups is 1. The van der Waals surface area contributed by atoms with E-state index < -0.39 is 0 Å². The quantitative estimate of drug-likeness (QED) is 0.838. The van der Waals surface area contributed by atoms with Crippen LogP contribution >= 0.6 is 0 Å². The number of nitrogens with zero attached hydrogens (tertiary/aromatic N) is 1. The van der Waals surface area contributed by atoms with E-state index in [-0.39, 0.29) is 11.9 Å². The van der Waals surface area contributed by atoms with Crippen molar-refractivity contribution >= 4 is 5.91 Å². The molecule has 1 aromatic carbocycles. The highest BCUT2D eigenvalue weighted by Gasteiger charge is 2.25. The molecule has 4 nitrogen and oxygen atoms in total. The van der Waals surface area contributed by atoms with Gasteiger partial charge in [-0.05, 0) is 56.0 Å². The van der Waals surface area contributed by atoms with Crippen molar-refractivity contribution in [1.82, 2.24) is 10.2 Å². The third-order valence-corrected chi connectivity index (χ3v) is 4.73. The molecule has 0 spiro atoms. The SMILES string of the molecule is CCCC(=O)NCC(c1ccc(OC)cc1)N1CCC(C)CC1. The van der Waals surface area contributed by atoms with Crippen LogP contribution in [-0.2, 0) is 4.79 Å². The number of carbonyl (C=O) groups excluding carboxylic acids is 1. The van der Waals surface area contributed by atoms with Gasteiger partial charge in [0.15, 0.2) is 0 Å². The maximum atomic E-state index is 11.9. The molecule has 1 heterocycles.